The van der Waals surface area contributed by atoms with Crippen molar-refractivity contribution in [3.63, 3.8) is 0 Å². The molecule has 1 amide bonds. The quantitative estimate of drug-likeness (QED) is 0.319. The molecular weight excluding hydrogens is 466 g/mol. The Morgan fingerprint density at radius 3 is 2.11 bits per heavy atom. The van der Waals surface area contributed by atoms with Crippen LogP contribution < -0.4 is 5.32 Å². The molecule has 2 N–H and O–H groups in total. The van der Waals surface area contributed by atoms with Gasteiger partial charge < -0.3 is 10.4 Å². The van der Waals surface area contributed by atoms with Gasteiger partial charge in [0, 0.05) is 20.6 Å². The number of hydrogen-bond acceptors (Lipinski definition) is 2. The molecule has 0 aliphatic heterocycles. The third kappa shape index (κ3) is 7.79. The lowest BCUT2D eigenvalue weighted by molar-refractivity contribution is -0.154. The molecule has 4 fully saturated rings. The van der Waals surface area contributed by atoms with Gasteiger partial charge in [0.2, 0.25) is 5.91 Å². The Hall–Kier alpha value is -0.570. The Kier molecular flexibility index (Phi) is 15.5. The van der Waals surface area contributed by atoms with Crippen molar-refractivity contribution in [1.29, 1.82) is 0 Å². The van der Waals surface area contributed by atoms with Gasteiger partial charge in [-0.05, 0) is 104 Å². The van der Waals surface area contributed by atoms with Crippen LogP contribution in [-0.2, 0) is 4.79 Å². The summed E-state index contributed by atoms with van der Waals surface area (Å²) in [6.07, 6.45) is 22.2. The van der Waals surface area contributed by atoms with Crippen molar-refractivity contribution in [3.8, 4) is 0 Å². The fraction of sp³-hybridized carbons (Fsp3) is 0.971. The predicted octanol–water partition coefficient (Wildman–Crippen LogP) is 9.81. The Balaban J connectivity index is 0.000000566. The van der Waals surface area contributed by atoms with Gasteiger partial charge in [-0.1, -0.05) is 93.9 Å². The van der Waals surface area contributed by atoms with Crippen molar-refractivity contribution < 1.29 is 9.90 Å². The summed E-state index contributed by atoms with van der Waals surface area (Å²) in [7, 11) is 1.00. The minimum Gasteiger partial charge on any atom is -0.400 e. The van der Waals surface area contributed by atoms with Gasteiger partial charge in [-0.15, -0.1) is 0 Å². The van der Waals surface area contributed by atoms with Gasteiger partial charge in [0.15, 0.2) is 0 Å². The van der Waals surface area contributed by atoms with Gasteiger partial charge in [0.1, 0.15) is 0 Å². The van der Waals surface area contributed by atoms with E-state index in [1.807, 2.05) is 20.8 Å². The molecule has 4 aliphatic carbocycles. The van der Waals surface area contributed by atoms with E-state index in [0.717, 1.165) is 49.7 Å². The summed E-state index contributed by atoms with van der Waals surface area (Å²) in [5.74, 6) is 5.20. The van der Waals surface area contributed by atoms with E-state index < -0.39 is 0 Å². The zero-order valence-corrected chi connectivity index (χ0v) is 27.6. The van der Waals surface area contributed by atoms with Crippen molar-refractivity contribution in [2.45, 2.75) is 159 Å². The molecule has 0 aromatic rings. The molecule has 0 aromatic carbocycles. The maximum Gasteiger partial charge on any atom is 0.216 e. The number of rotatable bonds is 7. The number of unbranched alkanes of at least 4 members (excludes halogenated alkanes) is 2. The molecule has 8 atom stereocenters. The van der Waals surface area contributed by atoms with E-state index in [2.05, 4.69) is 39.9 Å². The highest BCUT2D eigenvalue weighted by Crippen LogP contribution is 2.71. The molecule has 0 aromatic heterocycles. The van der Waals surface area contributed by atoms with Crippen molar-refractivity contribution >= 4 is 5.91 Å². The minimum atomic E-state index is 0.0573. The van der Waals surface area contributed by atoms with Gasteiger partial charge in [0.05, 0.1) is 0 Å². The van der Waals surface area contributed by atoms with Crippen molar-refractivity contribution in [2.75, 3.05) is 13.7 Å². The maximum atomic E-state index is 10.1. The van der Waals surface area contributed by atoms with Crippen LogP contribution in [0, 0.1) is 45.8 Å². The van der Waals surface area contributed by atoms with Crippen LogP contribution in [-0.4, -0.2) is 24.7 Å². The summed E-state index contributed by atoms with van der Waals surface area (Å²) in [6, 6.07) is 0. The zero-order chi connectivity index (χ0) is 29.0. The first-order valence-corrected chi connectivity index (χ1v) is 16.8. The lowest BCUT2D eigenvalue weighted by Crippen LogP contribution is -2.56. The zero-order valence-electron chi connectivity index (χ0n) is 27.6. The van der Waals surface area contributed by atoms with Crippen LogP contribution in [0.2, 0.25) is 0 Å². The van der Waals surface area contributed by atoms with E-state index in [-0.39, 0.29) is 5.91 Å². The predicted molar refractivity (Wildman–Crippen MR) is 166 cm³/mol. The Bertz CT molecular complexity index is 664. The Labute approximate surface area is 239 Å². The monoisotopic (exact) mass is 536 g/mol. The highest BCUT2D eigenvalue weighted by atomic mass is 16.2. The molecule has 0 heterocycles. The highest BCUT2D eigenvalue weighted by molar-refractivity contribution is 5.72. The van der Waals surface area contributed by atoms with E-state index in [1.165, 1.54) is 64.7 Å². The summed E-state index contributed by atoms with van der Waals surface area (Å²) in [5.41, 5.74) is 1.98. The molecule has 3 heteroatoms. The smallest absolute Gasteiger partial charge is 0.216 e. The lowest BCUT2D eigenvalue weighted by atomic mass is 9.40. The molecule has 8 unspecified atom stereocenters. The first kappa shape index (κ1) is 35.5. The van der Waals surface area contributed by atoms with Gasteiger partial charge in [-0.2, -0.15) is 0 Å². The van der Waals surface area contributed by atoms with Crippen LogP contribution in [0.15, 0.2) is 0 Å². The molecule has 4 saturated carbocycles. The van der Waals surface area contributed by atoms with Crippen molar-refractivity contribution in [1.82, 2.24) is 5.32 Å². The number of aliphatic hydroxyl groups excluding tert-OH is 1. The molecule has 4 aliphatic rings. The van der Waals surface area contributed by atoms with E-state index in [9.17, 15) is 4.79 Å². The van der Waals surface area contributed by atoms with E-state index in [4.69, 9.17) is 5.11 Å². The highest BCUT2D eigenvalue weighted by Gasteiger charge is 2.62. The topological polar surface area (TPSA) is 49.3 Å². The van der Waals surface area contributed by atoms with E-state index in [0.29, 0.717) is 16.2 Å². The SMILES string of the molecule is CC.CCCCCC(C)C1CCC2C3CCC4(C)CCCCC4(C)C3CCC12C.CCCNC(C)=O.CO. The summed E-state index contributed by atoms with van der Waals surface area (Å²) in [4.78, 5) is 10.1. The van der Waals surface area contributed by atoms with Gasteiger partial charge in [-0.25, -0.2) is 0 Å². The number of carbonyl (C=O) groups is 1. The number of aliphatic hydroxyl groups is 1. The molecule has 3 nitrogen and oxygen atoms in total. The standard InChI is InChI=1S/C27H48.C5H11NO.C2H6.CH4O/c1-6-7-8-11-20(2)22-12-13-23-21-14-18-25(3)16-9-10-17-27(25,5)24(21)15-19-26(22,23)4;1-3-4-6-5(2)7;2*1-2/h20-24H,6-19H2,1-5H3;3-4H2,1-2H3,(H,6,7);1-2H3;2H,1H3. The number of hydrogen-bond donors (Lipinski definition) is 2. The summed E-state index contributed by atoms with van der Waals surface area (Å²) in [5, 5.41) is 9.66. The van der Waals surface area contributed by atoms with Crippen LogP contribution in [0.4, 0.5) is 0 Å². The molecule has 38 heavy (non-hydrogen) atoms. The number of amides is 1. The molecule has 0 bridgehead atoms. The fourth-order valence-electron chi connectivity index (χ4n) is 9.80. The number of carbonyl (C=O) groups excluding carboxylic acids is 1. The molecular formula is C35H69NO2. The van der Waals surface area contributed by atoms with Gasteiger partial charge in [0.25, 0.3) is 0 Å². The fourth-order valence-corrected chi connectivity index (χ4v) is 9.80. The number of nitrogens with one attached hydrogen (secondary N) is 1. The van der Waals surface area contributed by atoms with Crippen LogP contribution in [0.1, 0.15) is 159 Å². The van der Waals surface area contributed by atoms with Crippen LogP contribution >= 0.6 is 0 Å². The van der Waals surface area contributed by atoms with Gasteiger partial charge >= 0.3 is 0 Å². The molecule has 226 valence electrons. The maximum absolute atomic E-state index is 10.1. The second-order valence-electron chi connectivity index (χ2n) is 13.8. The summed E-state index contributed by atoms with van der Waals surface area (Å²) < 4.78 is 0. The third-order valence-corrected chi connectivity index (χ3v) is 12.0. The Morgan fingerprint density at radius 2 is 1.53 bits per heavy atom. The molecule has 0 spiro atoms. The average molecular weight is 536 g/mol. The molecule has 0 radical (unpaired) electrons. The Morgan fingerprint density at radius 1 is 0.868 bits per heavy atom. The number of fused-ring (bicyclic) bond motifs is 5. The van der Waals surface area contributed by atoms with Crippen LogP contribution in [0.3, 0.4) is 0 Å². The second kappa shape index (κ2) is 16.6. The van der Waals surface area contributed by atoms with E-state index >= 15 is 0 Å². The van der Waals surface area contributed by atoms with Crippen LogP contribution in [0.25, 0.3) is 0 Å². The van der Waals surface area contributed by atoms with Crippen molar-refractivity contribution in [2.24, 2.45) is 45.8 Å². The minimum absolute atomic E-state index is 0.0573. The average Bonchev–Trinajstić information content (AvgIpc) is 3.28. The lowest BCUT2D eigenvalue weighted by Gasteiger charge is -2.65. The molecule has 0 saturated heterocycles. The first-order chi connectivity index (χ1) is 18.1. The third-order valence-electron chi connectivity index (χ3n) is 12.0. The normalized spacial score (nSPS) is 37.8. The van der Waals surface area contributed by atoms with Crippen LogP contribution in [0.5, 0.6) is 0 Å². The van der Waals surface area contributed by atoms with Gasteiger partial charge in [-0.3, -0.25) is 4.79 Å². The van der Waals surface area contributed by atoms with Crippen molar-refractivity contribution in [3.05, 3.63) is 0 Å². The first-order valence-electron chi connectivity index (χ1n) is 16.8. The molecule has 4 rings (SSSR count). The largest absolute Gasteiger partial charge is 0.400 e. The summed E-state index contributed by atoms with van der Waals surface area (Å²) >= 11 is 0. The second-order valence-corrected chi connectivity index (χ2v) is 13.8. The van der Waals surface area contributed by atoms with E-state index in [1.54, 1.807) is 32.1 Å². The summed E-state index contributed by atoms with van der Waals surface area (Å²) in [6.45, 7) is 21.5.